The van der Waals surface area contributed by atoms with E-state index in [2.05, 4.69) is 39.8 Å². The van der Waals surface area contributed by atoms with Crippen molar-refractivity contribution < 1.29 is 14.1 Å². The number of anilines is 1. The Morgan fingerprint density at radius 2 is 1.94 bits per heavy atom. The summed E-state index contributed by atoms with van der Waals surface area (Å²) in [5.41, 5.74) is 1.65. The Kier molecular flexibility index (Phi) is 7.27. The minimum atomic E-state index is -0.913. The van der Waals surface area contributed by atoms with Crippen LogP contribution in [0.5, 0.6) is 5.88 Å². The van der Waals surface area contributed by atoms with Crippen LogP contribution in [0.4, 0.5) is 5.82 Å². The third-order valence-electron chi connectivity index (χ3n) is 5.60. The number of amides is 1. The zero-order valence-electron chi connectivity index (χ0n) is 19.0. The maximum atomic E-state index is 13.2. The fraction of sp³-hybridized carbons (Fsp3) is 0.273. The average Bonchev–Trinajstić information content (AvgIpc) is 3.26. The molecule has 14 heteroatoms. The lowest BCUT2D eigenvalue weighted by atomic mass is 10.1. The molecule has 1 aliphatic heterocycles. The van der Waals surface area contributed by atoms with E-state index in [0.717, 1.165) is 5.69 Å². The molecule has 36 heavy (non-hydrogen) atoms. The molecule has 1 amide bonds. The molecular weight excluding hydrogens is 526 g/mol. The molecule has 1 unspecified atom stereocenters. The van der Waals surface area contributed by atoms with Crippen LogP contribution in [0.3, 0.4) is 0 Å². The second kappa shape index (κ2) is 10.6. The first kappa shape index (κ1) is 24.7. The van der Waals surface area contributed by atoms with Gasteiger partial charge in [-0.1, -0.05) is 29.3 Å². The number of hydrogen-bond donors (Lipinski definition) is 1. The zero-order chi connectivity index (χ0) is 25.2. The van der Waals surface area contributed by atoms with E-state index in [0.29, 0.717) is 52.2 Å². The highest BCUT2D eigenvalue weighted by Gasteiger charge is 2.33. The average molecular weight is 547 g/mol. The van der Waals surface area contributed by atoms with Gasteiger partial charge in [-0.15, -0.1) is 0 Å². The summed E-state index contributed by atoms with van der Waals surface area (Å²) in [5.74, 6) is 0.128. The van der Waals surface area contributed by atoms with E-state index in [1.165, 1.54) is 17.2 Å². The van der Waals surface area contributed by atoms with Gasteiger partial charge in [0.05, 0.1) is 40.4 Å². The first-order valence-corrected chi connectivity index (χ1v) is 12.1. The summed E-state index contributed by atoms with van der Waals surface area (Å²) in [6, 6.07) is 5.16. The van der Waals surface area contributed by atoms with Gasteiger partial charge in [0.15, 0.2) is 17.6 Å². The summed E-state index contributed by atoms with van der Waals surface area (Å²) in [6.45, 7) is 3.47. The molecule has 4 heterocycles. The van der Waals surface area contributed by atoms with Gasteiger partial charge in [0.25, 0.3) is 5.91 Å². The number of ether oxygens (including phenoxy) is 1. The van der Waals surface area contributed by atoms with E-state index in [1.807, 2.05) is 11.8 Å². The molecule has 4 aromatic rings. The molecule has 0 spiro atoms. The van der Waals surface area contributed by atoms with Crippen LogP contribution in [0.15, 0.2) is 43.1 Å². The largest absolute Gasteiger partial charge is 0.462 e. The highest BCUT2D eigenvalue weighted by Crippen LogP contribution is 2.32. The van der Waals surface area contributed by atoms with Gasteiger partial charge < -0.3 is 14.6 Å². The standard InChI is InChI=1S/C22H21Cl2N8O3P/c1-12-5-26-18(7-25-12)30-21(33)17(10-31-8-13(9-31)35-36)34-22-14-6-29-32(20(14)27-11-28-22)19-15(23)3-2-4-16(19)24/h2-7,11,13,17H,8-10,36H2,1H3,(H,26,30,33)/t17-/m0/s1. The van der Waals surface area contributed by atoms with Gasteiger partial charge in [0.2, 0.25) is 5.88 Å². The number of aromatic nitrogens is 6. The molecule has 1 aliphatic rings. The van der Waals surface area contributed by atoms with E-state index >= 15 is 0 Å². The van der Waals surface area contributed by atoms with Crippen molar-refractivity contribution in [1.82, 2.24) is 34.6 Å². The van der Waals surface area contributed by atoms with Crippen LogP contribution in [-0.2, 0) is 9.32 Å². The van der Waals surface area contributed by atoms with Crippen molar-refractivity contribution in [3.05, 3.63) is 58.9 Å². The Labute approximate surface area is 218 Å². The van der Waals surface area contributed by atoms with Crippen molar-refractivity contribution in [2.75, 3.05) is 25.0 Å². The van der Waals surface area contributed by atoms with E-state index in [4.69, 9.17) is 32.5 Å². The lowest BCUT2D eigenvalue weighted by molar-refractivity contribution is -0.125. The van der Waals surface area contributed by atoms with Gasteiger partial charge in [-0.05, 0) is 19.1 Å². The maximum absolute atomic E-state index is 13.2. The molecule has 0 aliphatic carbocycles. The Morgan fingerprint density at radius 1 is 1.17 bits per heavy atom. The van der Waals surface area contributed by atoms with Gasteiger partial charge in [0.1, 0.15) is 17.4 Å². The number of hydrogen-bond acceptors (Lipinski definition) is 9. The normalized spacial score (nSPS) is 15.0. The molecule has 0 saturated carbocycles. The molecule has 3 aromatic heterocycles. The summed E-state index contributed by atoms with van der Waals surface area (Å²) in [6.07, 6.45) is 5.13. The van der Waals surface area contributed by atoms with Crippen molar-refractivity contribution in [1.29, 1.82) is 0 Å². The second-order valence-electron chi connectivity index (χ2n) is 8.16. The van der Waals surface area contributed by atoms with Crippen LogP contribution in [0.2, 0.25) is 10.0 Å². The van der Waals surface area contributed by atoms with Crippen LogP contribution < -0.4 is 10.1 Å². The predicted octanol–water partition coefficient (Wildman–Crippen LogP) is 3.10. The van der Waals surface area contributed by atoms with E-state index < -0.39 is 12.0 Å². The molecular formula is C22H21Cl2N8O3P. The third-order valence-corrected chi connectivity index (χ3v) is 6.59. The molecule has 11 nitrogen and oxygen atoms in total. The minimum absolute atomic E-state index is 0.0889. The lowest BCUT2D eigenvalue weighted by Crippen LogP contribution is -2.56. The number of halogens is 2. The van der Waals surface area contributed by atoms with Crippen molar-refractivity contribution in [3.63, 3.8) is 0 Å². The Bertz CT molecular complexity index is 1380. The number of rotatable bonds is 8. The van der Waals surface area contributed by atoms with Crippen LogP contribution >= 0.6 is 32.7 Å². The van der Waals surface area contributed by atoms with E-state index in [9.17, 15) is 4.79 Å². The summed E-state index contributed by atoms with van der Waals surface area (Å²) in [4.78, 5) is 32.2. The quantitative estimate of drug-likeness (QED) is 0.332. The maximum Gasteiger partial charge on any atom is 0.268 e. The zero-order valence-corrected chi connectivity index (χ0v) is 21.7. The van der Waals surface area contributed by atoms with Crippen molar-refractivity contribution in [2.45, 2.75) is 19.1 Å². The van der Waals surface area contributed by atoms with Gasteiger partial charge in [-0.3, -0.25) is 14.7 Å². The lowest BCUT2D eigenvalue weighted by Gasteiger charge is -2.39. The van der Waals surface area contributed by atoms with Crippen molar-refractivity contribution in [3.8, 4) is 11.6 Å². The highest BCUT2D eigenvalue weighted by molar-refractivity contribution is 7.09. The van der Waals surface area contributed by atoms with Crippen LogP contribution in [-0.4, -0.2) is 72.4 Å². The van der Waals surface area contributed by atoms with Crippen LogP contribution in [0.25, 0.3) is 16.7 Å². The molecule has 2 atom stereocenters. The van der Waals surface area contributed by atoms with Gasteiger partial charge in [-0.2, -0.15) is 5.10 Å². The third kappa shape index (κ3) is 5.11. The van der Waals surface area contributed by atoms with E-state index in [1.54, 1.807) is 30.6 Å². The number of carbonyl (C=O) groups is 1. The smallest absolute Gasteiger partial charge is 0.268 e. The number of carbonyl (C=O) groups excluding carboxylic acids is 1. The van der Waals surface area contributed by atoms with Crippen molar-refractivity contribution in [2.24, 2.45) is 0 Å². The highest BCUT2D eigenvalue weighted by atomic mass is 35.5. The number of nitrogens with zero attached hydrogens (tertiary/aromatic N) is 7. The van der Waals surface area contributed by atoms with Gasteiger partial charge >= 0.3 is 0 Å². The van der Waals surface area contributed by atoms with Crippen molar-refractivity contribution >= 4 is 55.4 Å². The molecule has 5 rings (SSSR count). The second-order valence-corrected chi connectivity index (χ2v) is 9.24. The summed E-state index contributed by atoms with van der Waals surface area (Å²) in [5, 5.41) is 8.48. The molecule has 186 valence electrons. The number of likely N-dealkylation sites (tertiary alicyclic amines) is 1. The summed E-state index contributed by atoms with van der Waals surface area (Å²) >= 11 is 12.8. The predicted molar refractivity (Wildman–Crippen MR) is 138 cm³/mol. The fourth-order valence-electron chi connectivity index (χ4n) is 3.74. The van der Waals surface area contributed by atoms with Crippen LogP contribution in [0, 0.1) is 6.92 Å². The van der Waals surface area contributed by atoms with Crippen LogP contribution in [0.1, 0.15) is 5.69 Å². The van der Waals surface area contributed by atoms with Gasteiger partial charge in [-0.25, -0.2) is 19.6 Å². The Balaban J connectivity index is 1.44. The monoisotopic (exact) mass is 546 g/mol. The molecule has 0 bridgehead atoms. The number of para-hydroxylation sites is 1. The first-order valence-electron chi connectivity index (χ1n) is 10.9. The fourth-order valence-corrected chi connectivity index (χ4v) is 4.47. The first-order chi connectivity index (χ1) is 17.4. The van der Waals surface area contributed by atoms with E-state index in [-0.39, 0.29) is 12.0 Å². The number of fused-ring (bicyclic) bond motifs is 1. The number of aryl methyl sites for hydroxylation is 1. The molecule has 1 aromatic carbocycles. The molecule has 1 fully saturated rings. The summed E-state index contributed by atoms with van der Waals surface area (Å²) < 4.78 is 12.9. The molecule has 1 N–H and O–H groups in total. The van der Waals surface area contributed by atoms with Gasteiger partial charge in [0, 0.05) is 29.1 Å². The minimum Gasteiger partial charge on any atom is -0.462 e. The summed E-state index contributed by atoms with van der Waals surface area (Å²) in [7, 11) is 2.27. The Hall–Kier alpha value is -2.95. The number of benzene rings is 1. The molecule has 1 saturated heterocycles. The SMILES string of the molecule is Cc1cnc(NC(=O)[C@H](CN2CC(OP)C2)Oc2ncnc3c2cnn3-c2c(Cl)cccc2Cl)cn1. The molecule has 0 radical (unpaired) electrons. The number of nitrogens with one attached hydrogen (secondary N) is 1. The Morgan fingerprint density at radius 3 is 2.64 bits per heavy atom. The topological polar surface area (TPSA) is 120 Å².